The van der Waals surface area contributed by atoms with Crippen LogP contribution in [0.4, 0.5) is 8.78 Å². The highest BCUT2D eigenvalue weighted by molar-refractivity contribution is 5.79. The van der Waals surface area contributed by atoms with E-state index >= 15 is 0 Å². The van der Waals surface area contributed by atoms with Gasteiger partial charge in [0, 0.05) is 17.2 Å². The summed E-state index contributed by atoms with van der Waals surface area (Å²) in [6.45, 7) is 2.10. The van der Waals surface area contributed by atoms with Crippen molar-refractivity contribution in [2.75, 3.05) is 19.7 Å². The van der Waals surface area contributed by atoms with Crippen LogP contribution in [0.1, 0.15) is 12.2 Å². The van der Waals surface area contributed by atoms with Crippen LogP contribution in [0.15, 0.2) is 52.6 Å². The molecule has 0 bridgehead atoms. The summed E-state index contributed by atoms with van der Waals surface area (Å²) < 4.78 is 39.8. The number of allylic oxidation sites excluding steroid dienone is 2. The topological polar surface area (TPSA) is 57.9 Å². The fourth-order valence-corrected chi connectivity index (χ4v) is 3.62. The Kier molecular flexibility index (Phi) is 4.65. The molecule has 2 aliphatic heterocycles. The van der Waals surface area contributed by atoms with Crippen LogP contribution in [0.25, 0.3) is 11.0 Å². The van der Waals surface area contributed by atoms with Crippen LogP contribution in [-0.4, -0.2) is 47.9 Å². The van der Waals surface area contributed by atoms with Crippen molar-refractivity contribution in [2.45, 2.75) is 31.5 Å². The molecular formula is C20H22F2N2O3. The number of aliphatic hydroxyl groups is 1. The molecule has 0 saturated carbocycles. The average molecular weight is 376 g/mol. The lowest BCUT2D eigenvalue weighted by molar-refractivity contribution is -0.115. The Morgan fingerprint density at radius 3 is 3.04 bits per heavy atom. The number of rotatable bonds is 4. The number of hydrogen-bond acceptors (Lipinski definition) is 5. The van der Waals surface area contributed by atoms with E-state index in [0.29, 0.717) is 17.9 Å². The monoisotopic (exact) mass is 376 g/mol. The van der Waals surface area contributed by atoms with Crippen molar-refractivity contribution in [3.05, 3.63) is 54.0 Å². The average Bonchev–Trinajstić information content (AvgIpc) is 3.00. The highest BCUT2D eigenvalue weighted by Gasteiger charge is 2.46. The third-order valence-electron chi connectivity index (χ3n) is 5.00. The maximum absolute atomic E-state index is 14.2. The van der Waals surface area contributed by atoms with Crippen molar-refractivity contribution in [2.24, 2.45) is 0 Å². The molecule has 2 atom stereocenters. The number of nitrogens with one attached hydrogen (secondary N) is 1. The van der Waals surface area contributed by atoms with E-state index in [1.807, 2.05) is 25.1 Å². The summed E-state index contributed by atoms with van der Waals surface area (Å²) in [4.78, 5) is 1.34. The van der Waals surface area contributed by atoms with E-state index < -0.39 is 18.2 Å². The molecule has 5 nitrogen and oxygen atoms in total. The predicted octanol–water partition coefficient (Wildman–Crippen LogP) is 3.19. The van der Waals surface area contributed by atoms with Gasteiger partial charge in [-0.2, -0.15) is 0 Å². The minimum absolute atomic E-state index is 0.112. The van der Waals surface area contributed by atoms with Crippen LogP contribution in [0.2, 0.25) is 0 Å². The minimum atomic E-state index is -2.91. The van der Waals surface area contributed by atoms with Crippen molar-refractivity contribution >= 4 is 11.0 Å². The molecule has 0 spiro atoms. The van der Waals surface area contributed by atoms with Crippen LogP contribution in [0.3, 0.4) is 0 Å². The Morgan fingerprint density at radius 2 is 2.22 bits per heavy atom. The zero-order valence-electron chi connectivity index (χ0n) is 15.0. The predicted molar refractivity (Wildman–Crippen MR) is 97.7 cm³/mol. The van der Waals surface area contributed by atoms with Crippen LogP contribution >= 0.6 is 0 Å². The molecule has 2 aromatic rings. The summed E-state index contributed by atoms with van der Waals surface area (Å²) in [5.74, 6) is -1.46. The molecule has 1 aromatic carbocycles. The van der Waals surface area contributed by atoms with Gasteiger partial charge in [-0.05, 0) is 50.2 Å². The minimum Gasteiger partial charge on any atom is -0.489 e. The first-order valence-electron chi connectivity index (χ1n) is 8.98. The second-order valence-electron chi connectivity index (χ2n) is 6.99. The zero-order valence-corrected chi connectivity index (χ0v) is 15.0. The molecule has 0 radical (unpaired) electrons. The Labute approximate surface area is 155 Å². The number of hydrogen-bond donors (Lipinski definition) is 2. The standard InChI is InChI=1S/C20H22F2N2O3/c1-13-9-15-10-16(4-5-17(15)27-13)26-11-14-3-2-8-24(19(14)25)18-6-7-23-12-20(18,21)22/h2-5,8-10,18-19,23,25H,6-7,11-12H2,1H3. The van der Waals surface area contributed by atoms with Crippen LogP contribution < -0.4 is 10.1 Å². The van der Waals surface area contributed by atoms with Crippen LogP contribution in [-0.2, 0) is 0 Å². The third-order valence-corrected chi connectivity index (χ3v) is 5.00. The molecule has 4 rings (SSSR count). The summed E-state index contributed by atoms with van der Waals surface area (Å²) in [5, 5.41) is 14.3. The number of alkyl halides is 2. The van der Waals surface area contributed by atoms with Gasteiger partial charge in [0.2, 0.25) is 0 Å². The van der Waals surface area contributed by atoms with Gasteiger partial charge in [-0.1, -0.05) is 6.08 Å². The number of halogens is 2. The quantitative estimate of drug-likeness (QED) is 0.858. The number of aliphatic hydroxyl groups excluding tert-OH is 1. The lowest BCUT2D eigenvalue weighted by Crippen LogP contribution is -2.58. The van der Waals surface area contributed by atoms with Gasteiger partial charge in [0.25, 0.3) is 5.92 Å². The van der Waals surface area contributed by atoms with Gasteiger partial charge in [0.15, 0.2) is 6.23 Å². The van der Waals surface area contributed by atoms with E-state index in [0.717, 1.165) is 16.7 Å². The molecule has 7 heteroatoms. The number of nitrogens with zero attached hydrogens (tertiary/aromatic N) is 1. The summed E-state index contributed by atoms with van der Waals surface area (Å²) in [5.41, 5.74) is 1.31. The first kappa shape index (κ1) is 18.0. The van der Waals surface area contributed by atoms with Gasteiger partial charge in [-0.3, -0.25) is 0 Å². The SMILES string of the molecule is Cc1cc2cc(OCC3=CC=CN(C4CCNCC4(F)F)C3O)ccc2o1. The fraction of sp³-hybridized carbons (Fsp3) is 0.400. The van der Waals surface area contributed by atoms with Gasteiger partial charge in [-0.15, -0.1) is 0 Å². The van der Waals surface area contributed by atoms with E-state index in [1.165, 1.54) is 11.1 Å². The molecule has 3 heterocycles. The van der Waals surface area contributed by atoms with Crippen LogP contribution in [0, 0.1) is 6.92 Å². The Hall–Kier alpha value is -2.38. The van der Waals surface area contributed by atoms with Crippen molar-refractivity contribution in [1.29, 1.82) is 0 Å². The number of ether oxygens (including phenoxy) is 1. The molecule has 2 aliphatic rings. The first-order valence-corrected chi connectivity index (χ1v) is 8.98. The van der Waals surface area contributed by atoms with E-state index in [-0.39, 0.29) is 19.6 Å². The number of piperidine rings is 1. The van der Waals surface area contributed by atoms with Gasteiger partial charge >= 0.3 is 0 Å². The summed E-state index contributed by atoms with van der Waals surface area (Å²) in [7, 11) is 0. The number of furan rings is 1. The second kappa shape index (κ2) is 6.98. The molecule has 1 aromatic heterocycles. The van der Waals surface area contributed by atoms with Crippen LogP contribution in [0.5, 0.6) is 5.75 Å². The number of benzene rings is 1. The van der Waals surface area contributed by atoms with Crippen molar-refractivity contribution in [1.82, 2.24) is 10.2 Å². The highest BCUT2D eigenvalue weighted by atomic mass is 19.3. The maximum atomic E-state index is 14.2. The lowest BCUT2D eigenvalue weighted by Gasteiger charge is -2.43. The summed E-state index contributed by atoms with van der Waals surface area (Å²) in [6.07, 6.45) is 4.04. The van der Waals surface area contributed by atoms with Gasteiger partial charge in [0.1, 0.15) is 23.7 Å². The molecule has 1 fully saturated rings. The normalized spacial score (nSPS) is 24.9. The zero-order chi connectivity index (χ0) is 19.0. The van der Waals surface area contributed by atoms with Crippen molar-refractivity contribution in [3.8, 4) is 5.75 Å². The lowest BCUT2D eigenvalue weighted by atomic mass is 9.98. The van der Waals surface area contributed by atoms with Gasteiger partial charge < -0.3 is 24.5 Å². The first-order chi connectivity index (χ1) is 12.9. The molecule has 0 aliphatic carbocycles. The van der Waals surface area contributed by atoms with Crippen molar-refractivity contribution < 1.29 is 23.0 Å². The van der Waals surface area contributed by atoms with Gasteiger partial charge in [0.05, 0.1) is 12.6 Å². The Balaban J connectivity index is 1.45. The fourth-order valence-electron chi connectivity index (χ4n) is 3.62. The number of fused-ring (bicyclic) bond motifs is 1. The molecule has 27 heavy (non-hydrogen) atoms. The van der Waals surface area contributed by atoms with E-state index in [1.54, 1.807) is 18.2 Å². The molecule has 2 unspecified atom stereocenters. The number of aryl methyl sites for hydroxylation is 1. The summed E-state index contributed by atoms with van der Waals surface area (Å²) in [6, 6.07) is 6.34. The largest absolute Gasteiger partial charge is 0.489 e. The maximum Gasteiger partial charge on any atom is 0.280 e. The van der Waals surface area contributed by atoms with E-state index in [2.05, 4.69) is 5.32 Å². The highest BCUT2D eigenvalue weighted by Crippen LogP contribution is 2.32. The van der Waals surface area contributed by atoms with Gasteiger partial charge in [-0.25, -0.2) is 8.78 Å². The van der Waals surface area contributed by atoms with Crippen molar-refractivity contribution in [3.63, 3.8) is 0 Å². The molecule has 2 N–H and O–H groups in total. The molecule has 0 amide bonds. The molecule has 1 saturated heterocycles. The third kappa shape index (κ3) is 3.57. The summed E-state index contributed by atoms with van der Waals surface area (Å²) >= 11 is 0. The Bertz CT molecular complexity index is 890. The second-order valence-corrected chi connectivity index (χ2v) is 6.99. The van der Waals surface area contributed by atoms with E-state index in [4.69, 9.17) is 9.15 Å². The molecule has 144 valence electrons. The van der Waals surface area contributed by atoms with E-state index in [9.17, 15) is 13.9 Å². The molecular weight excluding hydrogens is 354 g/mol. The Morgan fingerprint density at radius 1 is 1.37 bits per heavy atom. The smallest absolute Gasteiger partial charge is 0.280 e.